The van der Waals surface area contributed by atoms with Crippen molar-refractivity contribution in [3.05, 3.63) is 59.7 Å². The van der Waals surface area contributed by atoms with Crippen molar-refractivity contribution in [2.45, 2.75) is 38.2 Å². The van der Waals surface area contributed by atoms with E-state index in [1.807, 2.05) is 70.2 Å². The minimum Gasteiger partial charge on any atom is -0.411 e. The Morgan fingerprint density at radius 1 is 1.11 bits per heavy atom. The van der Waals surface area contributed by atoms with Crippen LogP contribution in [0.2, 0.25) is 0 Å². The lowest BCUT2D eigenvalue weighted by Crippen LogP contribution is -2.36. The monoisotopic (exact) mass is 381 g/mol. The number of thioether (sulfide) groups is 1. The van der Waals surface area contributed by atoms with Gasteiger partial charge in [0.2, 0.25) is 11.8 Å². The highest BCUT2D eigenvalue weighted by Gasteiger charge is 2.24. The van der Waals surface area contributed by atoms with Crippen LogP contribution in [-0.4, -0.2) is 27.9 Å². The number of hydrogen-bond acceptors (Lipinski definition) is 5. The Morgan fingerprint density at radius 3 is 2.41 bits per heavy atom. The van der Waals surface area contributed by atoms with Gasteiger partial charge in [-0.15, -0.1) is 10.2 Å². The highest BCUT2D eigenvalue weighted by atomic mass is 32.2. The second kappa shape index (κ2) is 8.39. The smallest absolute Gasteiger partial charge is 0.277 e. The topological polar surface area (TPSA) is 59.2 Å². The van der Waals surface area contributed by atoms with Crippen LogP contribution in [0.1, 0.15) is 25.0 Å². The van der Waals surface area contributed by atoms with Crippen LogP contribution in [0.3, 0.4) is 0 Å². The number of nitrogens with zero attached hydrogens (tertiary/aromatic N) is 3. The molecule has 6 heteroatoms. The third-order valence-electron chi connectivity index (χ3n) is 4.15. The summed E-state index contributed by atoms with van der Waals surface area (Å²) in [5, 5.41) is 8.31. The molecule has 27 heavy (non-hydrogen) atoms. The Kier molecular flexibility index (Phi) is 5.96. The van der Waals surface area contributed by atoms with Crippen molar-refractivity contribution in [3.8, 4) is 11.5 Å². The number of rotatable bonds is 6. The first-order valence-electron chi connectivity index (χ1n) is 8.93. The van der Waals surface area contributed by atoms with Crippen LogP contribution in [0.4, 0.5) is 5.69 Å². The third-order valence-corrected chi connectivity index (χ3v) is 5.07. The van der Waals surface area contributed by atoms with Crippen LogP contribution in [0.15, 0.2) is 58.2 Å². The van der Waals surface area contributed by atoms with Crippen LogP contribution in [0.25, 0.3) is 11.5 Å². The zero-order valence-corrected chi connectivity index (χ0v) is 16.8. The van der Waals surface area contributed by atoms with Gasteiger partial charge in [0.25, 0.3) is 5.22 Å². The highest BCUT2D eigenvalue weighted by molar-refractivity contribution is 8.00. The molecule has 0 aliphatic rings. The highest BCUT2D eigenvalue weighted by Crippen LogP contribution is 2.28. The van der Waals surface area contributed by atoms with Crippen molar-refractivity contribution in [2.75, 3.05) is 11.4 Å². The van der Waals surface area contributed by atoms with Crippen LogP contribution < -0.4 is 4.90 Å². The Bertz CT molecular complexity index is 904. The molecule has 1 aromatic heterocycles. The molecule has 0 unspecified atom stereocenters. The van der Waals surface area contributed by atoms with Crippen LogP contribution in [0, 0.1) is 13.8 Å². The molecule has 2 aromatic carbocycles. The van der Waals surface area contributed by atoms with E-state index in [0.717, 1.165) is 22.4 Å². The molecular formula is C21H23N3O2S. The van der Waals surface area contributed by atoms with Gasteiger partial charge in [0.1, 0.15) is 0 Å². The van der Waals surface area contributed by atoms with E-state index in [1.54, 1.807) is 4.90 Å². The molecule has 140 valence electrons. The molecule has 1 atom stereocenters. The van der Waals surface area contributed by atoms with Gasteiger partial charge in [0.05, 0.1) is 5.25 Å². The summed E-state index contributed by atoms with van der Waals surface area (Å²) in [6.07, 6.45) is 0. The number of hydrogen-bond donors (Lipinski definition) is 0. The maximum Gasteiger partial charge on any atom is 0.277 e. The molecule has 0 spiro atoms. The number of aryl methyl sites for hydroxylation is 2. The fourth-order valence-corrected chi connectivity index (χ4v) is 3.71. The van der Waals surface area contributed by atoms with Crippen molar-refractivity contribution >= 4 is 23.4 Å². The molecule has 0 bridgehead atoms. The summed E-state index contributed by atoms with van der Waals surface area (Å²) in [6.45, 7) is 8.50. The largest absolute Gasteiger partial charge is 0.411 e. The van der Waals surface area contributed by atoms with Gasteiger partial charge in [-0.3, -0.25) is 4.79 Å². The molecule has 0 aliphatic carbocycles. The lowest BCUT2D eigenvalue weighted by Gasteiger charge is -2.23. The minimum atomic E-state index is -0.335. The molecule has 3 aromatic rings. The van der Waals surface area contributed by atoms with Gasteiger partial charge in [-0.1, -0.05) is 47.2 Å². The van der Waals surface area contributed by atoms with Gasteiger partial charge < -0.3 is 9.32 Å². The summed E-state index contributed by atoms with van der Waals surface area (Å²) in [7, 11) is 0. The molecule has 0 radical (unpaired) electrons. The molecule has 5 nitrogen and oxygen atoms in total. The molecule has 0 N–H and O–H groups in total. The third kappa shape index (κ3) is 4.57. The molecule has 0 fully saturated rings. The SMILES string of the molecule is CCN(C(=O)[C@@H](C)Sc1nnc(-c2cc(C)cc(C)c2)o1)c1ccccc1. The number of anilines is 1. The maximum absolute atomic E-state index is 12.9. The Labute approximate surface area is 163 Å². The first-order chi connectivity index (χ1) is 13.0. The summed E-state index contributed by atoms with van der Waals surface area (Å²) in [6, 6.07) is 15.8. The van der Waals surface area contributed by atoms with Gasteiger partial charge >= 0.3 is 0 Å². The van der Waals surface area contributed by atoms with E-state index >= 15 is 0 Å². The predicted molar refractivity (Wildman–Crippen MR) is 109 cm³/mol. The second-order valence-electron chi connectivity index (χ2n) is 6.43. The lowest BCUT2D eigenvalue weighted by molar-refractivity contribution is -0.117. The van der Waals surface area contributed by atoms with E-state index < -0.39 is 0 Å². The maximum atomic E-state index is 12.9. The van der Waals surface area contributed by atoms with Gasteiger partial charge in [-0.25, -0.2) is 0 Å². The summed E-state index contributed by atoms with van der Waals surface area (Å²) in [4.78, 5) is 14.6. The number of aromatic nitrogens is 2. The summed E-state index contributed by atoms with van der Waals surface area (Å²) in [5.74, 6) is 0.485. The number of para-hydroxylation sites is 1. The first-order valence-corrected chi connectivity index (χ1v) is 9.81. The van der Waals surface area contributed by atoms with Crippen molar-refractivity contribution in [1.29, 1.82) is 0 Å². The number of carbonyl (C=O) groups excluding carboxylic acids is 1. The number of benzene rings is 2. The predicted octanol–water partition coefficient (Wildman–Crippen LogP) is 4.89. The Balaban J connectivity index is 1.73. The average Bonchev–Trinajstić information content (AvgIpc) is 3.11. The van der Waals surface area contributed by atoms with Crippen molar-refractivity contribution in [3.63, 3.8) is 0 Å². The lowest BCUT2D eigenvalue weighted by atomic mass is 10.1. The molecule has 3 rings (SSSR count). The van der Waals surface area contributed by atoms with E-state index in [4.69, 9.17) is 4.42 Å². The summed E-state index contributed by atoms with van der Waals surface area (Å²) in [5.41, 5.74) is 4.06. The van der Waals surface area contributed by atoms with Gasteiger partial charge in [-0.05, 0) is 52.0 Å². The van der Waals surface area contributed by atoms with E-state index in [9.17, 15) is 4.79 Å². The first kappa shape index (κ1) is 19.2. The van der Waals surface area contributed by atoms with E-state index in [1.165, 1.54) is 11.8 Å². The van der Waals surface area contributed by atoms with Crippen molar-refractivity contribution in [1.82, 2.24) is 10.2 Å². The van der Waals surface area contributed by atoms with Crippen LogP contribution in [-0.2, 0) is 4.79 Å². The number of carbonyl (C=O) groups is 1. The average molecular weight is 382 g/mol. The quantitative estimate of drug-likeness (QED) is 0.569. The molecule has 1 amide bonds. The Hall–Kier alpha value is -2.60. The Morgan fingerprint density at radius 2 is 1.78 bits per heavy atom. The van der Waals surface area contributed by atoms with E-state index in [-0.39, 0.29) is 11.2 Å². The minimum absolute atomic E-state index is 0.0138. The van der Waals surface area contributed by atoms with Crippen molar-refractivity contribution in [2.24, 2.45) is 0 Å². The normalized spacial score (nSPS) is 12.0. The summed E-state index contributed by atoms with van der Waals surface area (Å²) < 4.78 is 5.79. The fraction of sp³-hybridized carbons (Fsp3) is 0.286. The fourth-order valence-electron chi connectivity index (χ4n) is 2.97. The second-order valence-corrected chi connectivity index (χ2v) is 7.72. The zero-order valence-electron chi connectivity index (χ0n) is 16.0. The zero-order chi connectivity index (χ0) is 19.4. The molecule has 0 aliphatic heterocycles. The molecular weight excluding hydrogens is 358 g/mol. The molecule has 0 saturated heterocycles. The number of amides is 1. The van der Waals surface area contributed by atoms with E-state index in [2.05, 4.69) is 16.3 Å². The summed E-state index contributed by atoms with van der Waals surface area (Å²) >= 11 is 1.28. The van der Waals surface area contributed by atoms with Crippen LogP contribution >= 0.6 is 11.8 Å². The van der Waals surface area contributed by atoms with Crippen molar-refractivity contribution < 1.29 is 9.21 Å². The van der Waals surface area contributed by atoms with Gasteiger partial charge in [-0.2, -0.15) is 0 Å². The molecule has 0 saturated carbocycles. The van der Waals surface area contributed by atoms with E-state index in [0.29, 0.717) is 17.7 Å². The van der Waals surface area contributed by atoms with Gasteiger partial charge in [0, 0.05) is 17.8 Å². The van der Waals surface area contributed by atoms with Gasteiger partial charge in [0.15, 0.2) is 0 Å². The standard InChI is InChI=1S/C21H23N3O2S/c1-5-24(18-9-7-6-8-10-18)20(25)16(4)27-21-23-22-19(26-21)17-12-14(2)11-15(3)13-17/h6-13,16H,5H2,1-4H3/t16-/m1/s1. The van der Waals surface area contributed by atoms with Crippen LogP contribution in [0.5, 0.6) is 0 Å². The molecule has 1 heterocycles.